The molecule has 0 saturated carbocycles. The Morgan fingerprint density at radius 2 is 1.94 bits per heavy atom. The highest BCUT2D eigenvalue weighted by Crippen LogP contribution is 2.25. The van der Waals surface area contributed by atoms with Gasteiger partial charge >= 0.3 is 0 Å². The van der Waals surface area contributed by atoms with Crippen molar-refractivity contribution in [3.63, 3.8) is 0 Å². The third-order valence-corrected chi connectivity index (χ3v) is 2.31. The SMILES string of the molecule is CCOC(=N)c1ccc(N(C)C)cc1OCC. The average molecular weight is 236 g/mol. The van der Waals surface area contributed by atoms with Crippen molar-refractivity contribution in [3.8, 4) is 5.75 Å². The molecule has 0 amide bonds. The zero-order valence-electron chi connectivity index (χ0n) is 10.9. The van der Waals surface area contributed by atoms with Crippen molar-refractivity contribution >= 4 is 11.6 Å². The average Bonchev–Trinajstić information content (AvgIpc) is 2.29. The Morgan fingerprint density at radius 1 is 1.24 bits per heavy atom. The van der Waals surface area contributed by atoms with Crippen molar-refractivity contribution in [1.82, 2.24) is 0 Å². The molecule has 94 valence electrons. The zero-order valence-corrected chi connectivity index (χ0v) is 10.9. The highest BCUT2D eigenvalue weighted by Gasteiger charge is 2.11. The van der Waals surface area contributed by atoms with Crippen molar-refractivity contribution in [3.05, 3.63) is 23.8 Å². The first-order valence-corrected chi connectivity index (χ1v) is 5.76. The van der Waals surface area contributed by atoms with Crippen LogP contribution in [0.4, 0.5) is 5.69 Å². The fourth-order valence-electron chi connectivity index (χ4n) is 1.47. The molecule has 4 heteroatoms. The first-order chi connectivity index (χ1) is 8.10. The highest BCUT2D eigenvalue weighted by atomic mass is 16.5. The molecule has 1 aromatic carbocycles. The maximum atomic E-state index is 7.81. The molecular weight excluding hydrogens is 216 g/mol. The van der Waals surface area contributed by atoms with Gasteiger partial charge in [0.2, 0.25) is 5.90 Å². The maximum Gasteiger partial charge on any atom is 0.217 e. The molecule has 0 aliphatic rings. The van der Waals surface area contributed by atoms with Gasteiger partial charge < -0.3 is 14.4 Å². The number of hydrogen-bond donors (Lipinski definition) is 1. The number of hydrogen-bond acceptors (Lipinski definition) is 4. The fourth-order valence-corrected chi connectivity index (χ4v) is 1.47. The van der Waals surface area contributed by atoms with E-state index >= 15 is 0 Å². The molecule has 4 nitrogen and oxygen atoms in total. The van der Waals surface area contributed by atoms with Gasteiger partial charge in [0.15, 0.2) is 0 Å². The molecule has 0 unspecified atom stereocenters. The third-order valence-electron chi connectivity index (χ3n) is 2.31. The summed E-state index contributed by atoms with van der Waals surface area (Å²) in [4.78, 5) is 2.00. The van der Waals surface area contributed by atoms with E-state index in [4.69, 9.17) is 14.9 Å². The van der Waals surface area contributed by atoms with E-state index in [0.29, 0.717) is 24.5 Å². The Morgan fingerprint density at radius 3 is 2.47 bits per heavy atom. The smallest absolute Gasteiger partial charge is 0.217 e. The molecule has 0 atom stereocenters. The standard InChI is InChI=1S/C13H20N2O2/c1-5-16-12-9-10(15(3)4)7-8-11(12)13(14)17-6-2/h7-9,14H,5-6H2,1-4H3. The van der Waals surface area contributed by atoms with Crippen LogP contribution in [0.3, 0.4) is 0 Å². The van der Waals surface area contributed by atoms with Gasteiger partial charge in [0.1, 0.15) is 5.75 Å². The van der Waals surface area contributed by atoms with Crippen LogP contribution in [0.25, 0.3) is 0 Å². The summed E-state index contributed by atoms with van der Waals surface area (Å²) >= 11 is 0. The Kier molecular flexibility index (Phi) is 4.82. The summed E-state index contributed by atoms with van der Waals surface area (Å²) in [7, 11) is 3.94. The monoisotopic (exact) mass is 236 g/mol. The van der Waals surface area contributed by atoms with Crippen molar-refractivity contribution in [2.75, 3.05) is 32.2 Å². The first-order valence-electron chi connectivity index (χ1n) is 5.76. The van der Waals surface area contributed by atoms with Crippen LogP contribution < -0.4 is 9.64 Å². The summed E-state index contributed by atoms with van der Waals surface area (Å²) in [5.41, 5.74) is 1.74. The lowest BCUT2D eigenvalue weighted by molar-refractivity contribution is 0.315. The molecule has 0 aromatic heterocycles. The second kappa shape index (κ2) is 6.13. The lowest BCUT2D eigenvalue weighted by atomic mass is 10.1. The van der Waals surface area contributed by atoms with Gasteiger partial charge in [-0.3, -0.25) is 5.41 Å². The third kappa shape index (κ3) is 3.37. The maximum absolute atomic E-state index is 7.81. The van der Waals surface area contributed by atoms with E-state index in [-0.39, 0.29) is 5.90 Å². The quantitative estimate of drug-likeness (QED) is 0.631. The largest absolute Gasteiger partial charge is 0.493 e. The predicted molar refractivity (Wildman–Crippen MR) is 70.4 cm³/mol. The van der Waals surface area contributed by atoms with Gasteiger partial charge in [-0.2, -0.15) is 0 Å². The van der Waals surface area contributed by atoms with Crippen LogP contribution in [-0.4, -0.2) is 33.2 Å². The molecule has 0 bridgehead atoms. The normalized spacial score (nSPS) is 9.88. The molecule has 1 aromatic rings. The van der Waals surface area contributed by atoms with Gasteiger partial charge in [-0.15, -0.1) is 0 Å². The Labute approximate surface area is 103 Å². The summed E-state index contributed by atoms with van der Waals surface area (Å²) in [6, 6.07) is 5.73. The van der Waals surface area contributed by atoms with Crippen LogP contribution in [0, 0.1) is 5.41 Å². The van der Waals surface area contributed by atoms with E-state index in [2.05, 4.69) is 0 Å². The molecule has 0 fully saturated rings. The Balaban J connectivity index is 3.07. The molecule has 0 heterocycles. The molecule has 0 aliphatic carbocycles. The number of nitrogens with one attached hydrogen (secondary N) is 1. The minimum absolute atomic E-state index is 0.154. The van der Waals surface area contributed by atoms with Crippen molar-refractivity contribution in [1.29, 1.82) is 5.41 Å². The van der Waals surface area contributed by atoms with E-state index in [1.807, 2.05) is 51.0 Å². The molecule has 0 saturated heterocycles. The summed E-state index contributed by atoms with van der Waals surface area (Å²) in [5.74, 6) is 0.846. The van der Waals surface area contributed by atoms with Crippen LogP contribution >= 0.6 is 0 Å². The number of benzene rings is 1. The molecule has 17 heavy (non-hydrogen) atoms. The molecule has 1 rings (SSSR count). The van der Waals surface area contributed by atoms with Crippen molar-refractivity contribution in [2.24, 2.45) is 0 Å². The van der Waals surface area contributed by atoms with Gasteiger partial charge in [0.25, 0.3) is 0 Å². The number of ether oxygens (including phenoxy) is 2. The van der Waals surface area contributed by atoms with Crippen LogP contribution in [0.5, 0.6) is 5.75 Å². The minimum atomic E-state index is 0.154. The first kappa shape index (κ1) is 13.4. The van der Waals surface area contributed by atoms with Crippen molar-refractivity contribution in [2.45, 2.75) is 13.8 Å². The summed E-state index contributed by atoms with van der Waals surface area (Å²) in [6.07, 6.45) is 0. The molecule has 1 N–H and O–H groups in total. The summed E-state index contributed by atoms with van der Waals surface area (Å²) in [5, 5.41) is 7.81. The van der Waals surface area contributed by atoms with Crippen LogP contribution in [0.1, 0.15) is 19.4 Å². The van der Waals surface area contributed by atoms with Gasteiger partial charge in [-0.25, -0.2) is 0 Å². The van der Waals surface area contributed by atoms with E-state index in [1.165, 1.54) is 0 Å². The molecule has 0 spiro atoms. The molecular formula is C13H20N2O2. The minimum Gasteiger partial charge on any atom is -0.493 e. The summed E-state index contributed by atoms with van der Waals surface area (Å²) < 4.78 is 10.8. The van der Waals surface area contributed by atoms with Crippen LogP contribution in [-0.2, 0) is 4.74 Å². The molecule has 0 aliphatic heterocycles. The van der Waals surface area contributed by atoms with Gasteiger partial charge in [-0.05, 0) is 26.0 Å². The molecule has 0 radical (unpaired) electrons. The van der Waals surface area contributed by atoms with Crippen LogP contribution in [0.2, 0.25) is 0 Å². The highest BCUT2D eigenvalue weighted by molar-refractivity contribution is 5.95. The second-order valence-corrected chi connectivity index (χ2v) is 3.77. The number of nitrogens with zero attached hydrogens (tertiary/aromatic N) is 1. The van der Waals surface area contributed by atoms with Crippen molar-refractivity contribution < 1.29 is 9.47 Å². The van der Waals surface area contributed by atoms with Gasteiger partial charge in [0, 0.05) is 25.8 Å². The fraction of sp³-hybridized carbons (Fsp3) is 0.462. The zero-order chi connectivity index (χ0) is 12.8. The second-order valence-electron chi connectivity index (χ2n) is 3.77. The summed E-state index contributed by atoms with van der Waals surface area (Å²) in [6.45, 7) is 4.85. The van der Waals surface area contributed by atoms with E-state index in [0.717, 1.165) is 5.69 Å². The lowest BCUT2D eigenvalue weighted by Crippen LogP contribution is -2.12. The number of rotatable bonds is 5. The van der Waals surface area contributed by atoms with Crippen LogP contribution in [0.15, 0.2) is 18.2 Å². The Bertz CT molecular complexity index is 389. The number of anilines is 1. The van der Waals surface area contributed by atoms with E-state index in [1.54, 1.807) is 0 Å². The van der Waals surface area contributed by atoms with E-state index in [9.17, 15) is 0 Å². The van der Waals surface area contributed by atoms with Gasteiger partial charge in [0.05, 0.1) is 18.8 Å². The lowest BCUT2D eigenvalue weighted by Gasteiger charge is -2.17. The Hall–Kier alpha value is -1.71. The predicted octanol–water partition coefficient (Wildman–Crippen LogP) is 2.51. The van der Waals surface area contributed by atoms with Gasteiger partial charge in [-0.1, -0.05) is 0 Å². The van der Waals surface area contributed by atoms with E-state index < -0.39 is 0 Å². The topological polar surface area (TPSA) is 45.5 Å².